The molecule has 0 fully saturated rings. The lowest BCUT2D eigenvalue weighted by atomic mass is 9.86. The predicted octanol–water partition coefficient (Wildman–Crippen LogP) is 4.05. The molecule has 0 aliphatic heterocycles. The van der Waals surface area contributed by atoms with Gasteiger partial charge in [-0.3, -0.25) is 9.36 Å². The van der Waals surface area contributed by atoms with Gasteiger partial charge >= 0.3 is 7.12 Å². The smallest absolute Gasteiger partial charge is 0.422 e. The number of nitrogen functional groups attached to an aromatic ring is 2. The Labute approximate surface area is 247 Å². The van der Waals surface area contributed by atoms with Crippen molar-refractivity contribution in [3.05, 3.63) is 88.3 Å². The maximum Gasteiger partial charge on any atom is 0.507 e. The molecule has 0 spiro atoms. The predicted molar refractivity (Wildman–Crippen MR) is 167 cm³/mol. The number of nitrogens with zero attached hydrogens (tertiary/aromatic N) is 6. The Hall–Kier alpha value is -3.82. The molecule has 10 nitrogen and oxygen atoms in total. The lowest BCUT2D eigenvalue weighted by Crippen LogP contribution is -2.35. The van der Waals surface area contributed by atoms with Crippen molar-refractivity contribution in [3.63, 3.8) is 0 Å². The fraction of sp³-hybridized carbons (Fsp3) is 0.0769. The summed E-state index contributed by atoms with van der Waals surface area (Å²) in [6, 6.07) is 19.1. The Bertz CT molecular complexity index is 1600. The molecule has 0 atom stereocenters. The molecule has 6 aromatic heterocycles. The van der Waals surface area contributed by atoms with Crippen LogP contribution in [0.3, 0.4) is 0 Å². The van der Waals surface area contributed by atoms with Crippen LogP contribution in [-0.2, 0) is 14.1 Å². The number of aromatic nitrogens is 6. The minimum atomic E-state index is -1.47. The summed E-state index contributed by atoms with van der Waals surface area (Å²) >= 11 is 6.48. The summed E-state index contributed by atoms with van der Waals surface area (Å²) in [6.07, 6.45) is 3.43. The van der Waals surface area contributed by atoms with Crippen LogP contribution in [0.15, 0.2) is 88.3 Å². The normalized spacial score (nSPS) is 10.3. The van der Waals surface area contributed by atoms with Crippen LogP contribution in [-0.4, -0.2) is 46.7 Å². The van der Waals surface area contributed by atoms with Crippen molar-refractivity contribution in [2.75, 3.05) is 11.5 Å². The number of nitrogens with two attached hydrogens (primary N) is 2. The SMILES string of the molecule is Cn1nc(-c2cccs2)cc1-c1ccc(N)nc1.Cn1nc(-c2cccs2)cc1B(O)O.Nc1ccc(Br)cn1. The van der Waals surface area contributed by atoms with Gasteiger partial charge in [0.1, 0.15) is 23.0 Å². The van der Waals surface area contributed by atoms with Crippen LogP contribution in [0, 0.1) is 0 Å². The Morgan fingerprint density at radius 1 is 0.775 bits per heavy atom. The molecule has 0 saturated carbocycles. The van der Waals surface area contributed by atoms with E-state index in [-0.39, 0.29) is 0 Å². The number of pyridine rings is 2. The van der Waals surface area contributed by atoms with E-state index in [1.807, 2.05) is 47.4 Å². The van der Waals surface area contributed by atoms with Crippen molar-refractivity contribution in [1.82, 2.24) is 29.5 Å². The van der Waals surface area contributed by atoms with Crippen LogP contribution in [0.25, 0.3) is 32.4 Å². The molecule has 14 heteroatoms. The van der Waals surface area contributed by atoms with Crippen LogP contribution in [0.2, 0.25) is 0 Å². The van der Waals surface area contributed by atoms with E-state index < -0.39 is 7.12 Å². The first kappa shape index (κ1) is 29.2. The van der Waals surface area contributed by atoms with Gasteiger partial charge in [-0.15, -0.1) is 22.7 Å². The van der Waals surface area contributed by atoms with E-state index in [1.54, 1.807) is 60.3 Å². The summed E-state index contributed by atoms with van der Waals surface area (Å²) in [4.78, 5) is 10.1. The number of halogens is 1. The third kappa shape index (κ3) is 7.64. The highest BCUT2D eigenvalue weighted by atomic mass is 79.9. The Balaban J connectivity index is 0.000000149. The summed E-state index contributed by atoms with van der Waals surface area (Å²) in [5, 5.41) is 30.7. The zero-order valence-electron chi connectivity index (χ0n) is 21.6. The third-order valence-electron chi connectivity index (χ3n) is 5.44. The van der Waals surface area contributed by atoms with Gasteiger partial charge in [0, 0.05) is 36.5 Å². The lowest BCUT2D eigenvalue weighted by Gasteiger charge is -2.00. The molecular weight excluding hydrogens is 611 g/mol. The maximum absolute atomic E-state index is 9.01. The van der Waals surface area contributed by atoms with Crippen molar-refractivity contribution in [2.45, 2.75) is 0 Å². The summed E-state index contributed by atoms with van der Waals surface area (Å²) in [5.41, 5.74) is 15.1. The van der Waals surface area contributed by atoms with Gasteiger partial charge in [-0.1, -0.05) is 12.1 Å². The fourth-order valence-corrected chi connectivity index (χ4v) is 5.09. The molecule has 6 N–H and O–H groups in total. The van der Waals surface area contributed by atoms with Crippen molar-refractivity contribution in [3.8, 4) is 32.4 Å². The highest BCUT2D eigenvalue weighted by Crippen LogP contribution is 2.28. The molecule has 6 heterocycles. The summed E-state index contributed by atoms with van der Waals surface area (Å²) in [6.45, 7) is 0. The molecule has 6 aromatic rings. The number of aryl methyl sites for hydroxylation is 2. The average Bonchev–Trinajstić information content (AvgIpc) is 3.74. The summed E-state index contributed by atoms with van der Waals surface area (Å²) in [7, 11) is 2.15. The van der Waals surface area contributed by atoms with E-state index >= 15 is 0 Å². The number of thiophene rings is 2. The first-order valence-electron chi connectivity index (χ1n) is 11.8. The molecule has 0 saturated heterocycles. The van der Waals surface area contributed by atoms with Gasteiger partial charge in [0.05, 0.1) is 21.0 Å². The first-order chi connectivity index (χ1) is 19.2. The van der Waals surface area contributed by atoms with E-state index in [2.05, 4.69) is 53.6 Å². The second kappa shape index (κ2) is 13.5. The monoisotopic (exact) mass is 636 g/mol. The van der Waals surface area contributed by atoms with Gasteiger partial charge in [-0.2, -0.15) is 10.2 Å². The van der Waals surface area contributed by atoms with E-state index in [9.17, 15) is 0 Å². The second-order valence-corrected chi connectivity index (χ2v) is 11.1. The number of anilines is 2. The van der Waals surface area contributed by atoms with Crippen molar-refractivity contribution in [1.29, 1.82) is 0 Å². The Morgan fingerprint density at radius 3 is 1.80 bits per heavy atom. The van der Waals surface area contributed by atoms with E-state index in [1.165, 1.54) is 9.56 Å². The molecule has 0 radical (unpaired) electrons. The van der Waals surface area contributed by atoms with E-state index in [0.29, 0.717) is 17.2 Å². The van der Waals surface area contributed by atoms with Gasteiger partial charge < -0.3 is 21.5 Å². The molecule has 204 valence electrons. The minimum Gasteiger partial charge on any atom is -0.422 e. The highest BCUT2D eigenvalue weighted by molar-refractivity contribution is 9.10. The quantitative estimate of drug-likeness (QED) is 0.211. The maximum atomic E-state index is 9.01. The Morgan fingerprint density at radius 2 is 1.35 bits per heavy atom. The zero-order chi connectivity index (χ0) is 28.6. The van der Waals surface area contributed by atoms with E-state index in [4.69, 9.17) is 21.5 Å². The molecule has 0 bridgehead atoms. The summed E-state index contributed by atoms with van der Waals surface area (Å²) < 4.78 is 4.29. The summed E-state index contributed by atoms with van der Waals surface area (Å²) in [5.74, 6) is 1.08. The van der Waals surface area contributed by atoms with Crippen LogP contribution >= 0.6 is 38.6 Å². The third-order valence-corrected chi connectivity index (χ3v) is 7.69. The topological polar surface area (TPSA) is 154 Å². The van der Waals surface area contributed by atoms with Gasteiger partial charge in [0.25, 0.3) is 0 Å². The van der Waals surface area contributed by atoms with Crippen LogP contribution in [0.5, 0.6) is 0 Å². The van der Waals surface area contributed by atoms with E-state index in [0.717, 1.165) is 32.0 Å². The number of rotatable bonds is 4. The zero-order valence-corrected chi connectivity index (χ0v) is 24.8. The standard InChI is InChI=1S/C13H12N4S.C8H9BN2O2S.C5H5BrN2/c1-17-11(9-4-5-13(14)15-8-9)7-10(16-17)12-3-2-6-18-12;1-11-8(9(12)13)5-6(10-11)7-3-2-4-14-7;6-4-1-2-5(7)8-3-4/h2-8H,1H3,(H2,14,15);2-5,12-13H,1H3;1-3H,(H2,7,8). The largest absolute Gasteiger partial charge is 0.507 e. The second-order valence-electron chi connectivity index (χ2n) is 8.32. The van der Waals surface area contributed by atoms with Crippen molar-refractivity contribution >= 4 is 63.0 Å². The Kier molecular flexibility index (Phi) is 9.85. The van der Waals surface area contributed by atoms with Gasteiger partial charge in [0.15, 0.2) is 0 Å². The van der Waals surface area contributed by atoms with Crippen LogP contribution in [0.4, 0.5) is 11.6 Å². The van der Waals surface area contributed by atoms with Crippen LogP contribution < -0.4 is 17.1 Å². The molecule has 0 aromatic carbocycles. The molecule has 0 unspecified atom stereocenters. The molecule has 0 amide bonds. The molecular formula is C26H26BBrN8O2S2. The molecule has 0 aliphatic carbocycles. The van der Waals surface area contributed by atoms with Crippen LogP contribution in [0.1, 0.15) is 0 Å². The van der Waals surface area contributed by atoms with Gasteiger partial charge in [-0.25, -0.2) is 9.97 Å². The van der Waals surface area contributed by atoms with Crippen molar-refractivity contribution in [2.24, 2.45) is 14.1 Å². The van der Waals surface area contributed by atoms with Crippen molar-refractivity contribution < 1.29 is 10.0 Å². The van der Waals surface area contributed by atoms with Gasteiger partial charge in [0.2, 0.25) is 0 Å². The number of hydrogen-bond acceptors (Lipinski definition) is 10. The van der Waals surface area contributed by atoms with Gasteiger partial charge in [-0.05, 0) is 75.2 Å². The first-order valence-corrected chi connectivity index (χ1v) is 14.4. The fourth-order valence-electron chi connectivity index (χ4n) is 3.49. The highest BCUT2D eigenvalue weighted by Gasteiger charge is 2.18. The molecule has 6 rings (SSSR count). The molecule has 40 heavy (non-hydrogen) atoms. The lowest BCUT2D eigenvalue weighted by molar-refractivity contribution is 0.421. The minimum absolute atomic E-state index is 0.397. The average molecular weight is 637 g/mol. The molecule has 0 aliphatic rings. The number of hydrogen-bond donors (Lipinski definition) is 4.